The van der Waals surface area contributed by atoms with Gasteiger partial charge in [-0.05, 0) is 52.0 Å². The van der Waals surface area contributed by atoms with Crippen molar-refractivity contribution in [3.05, 3.63) is 46.7 Å². The Hall–Kier alpha value is -3.95. The molecule has 1 unspecified atom stereocenters. The molecule has 0 aliphatic carbocycles. The van der Waals surface area contributed by atoms with Crippen LogP contribution in [0.4, 0.5) is 11.6 Å². The molecule has 1 aliphatic heterocycles. The van der Waals surface area contributed by atoms with Gasteiger partial charge < -0.3 is 18.8 Å². The maximum Gasteiger partial charge on any atom is 0.344 e. The highest BCUT2D eigenvalue weighted by molar-refractivity contribution is 6.11. The number of nitrogens with zero attached hydrogens (tertiary/aromatic N) is 1. The third-order valence-corrected chi connectivity index (χ3v) is 5.34. The fraction of sp³-hybridized carbons (Fsp3) is 0.375. The van der Waals surface area contributed by atoms with E-state index in [4.69, 9.17) is 13.9 Å². The Morgan fingerprint density at radius 1 is 1.03 bits per heavy atom. The van der Waals surface area contributed by atoms with Gasteiger partial charge in [0.25, 0.3) is 0 Å². The third kappa shape index (κ3) is 5.00. The van der Waals surface area contributed by atoms with Crippen molar-refractivity contribution < 1.29 is 37.9 Å². The van der Waals surface area contributed by atoms with E-state index in [2.05, 4.69) is 5.32 Å². The molecule has 1 aromatic heterocycles. The lowest BCUT2D eigenvalue weighted by atomic mass is 10.1. The number of nitrogens with one attached hydrogen (secondary N) is 1. The summed E-state index contributed by atoms with van der Waals surface area (Å²) in [5.41, 5.74) is 0.788. The number of Topliss-reactive ketones (excluding diaryl/α,β-unsaturated/α-hetero) is 1. The van der Waals surface area contributed by atoms with E-state index in [1.165, 1.54) is 18.7 Å². The van der Waals surface area contributed by atoms with Crippen LogP contribution in [0.15, 0.2) is 28.7 Å². The molecule has 1 fully saturated rings. The van der Waals surface area contributed by atoms with Crippen molar-refractivity contribution >= 4 is 41.1 Å². The summed E-state index contributed by atoms with van der Waals surface area (Å²) in [7, 11) is 0. The zero-order chi connectivity index (χ0) is 25.0. The molecule has 0 saturated carbocycles. The smallest absolute Gasteiger partial charge is 0.344 e. The number of furan rings is 1. The molecule has 1 aromatic carbocycles. The van der Waals surface area contributed by atoms with Crippen LogP contribution in [0, 0.1) is 12.8 Å². The number of hydrogen-bond acceptors (Lipinski definition) is 8. The summed E-state index contributed by atoms with van der Waals surface area (Å²) < 4.78 is 15.5. The van der Waals surface area contributed by atoms with Crippen molar-refractivity contribution in [3.8, 4) is 0 Å². The van der Waals surface area contributed by atoms with Crippen molar-refractivity contribution in [1.82, 2.24) is 0 Å². The first-order valence-electron chi connectivity index (χ1n) is 10.9. The number of ether oxygens (including phenoxy) is 2. The molecule has 2 amide bonds. The highest BCUT2D eigenvalue weighted by atomic mass is 16.5. The normalized spacial score (nSPS) is 15.2. The molecule has 1 atom stereocenters. The van der Waals surface area contributed by atoms with Crippen LogP contribution >= 0.6 is 0 Å². The van der Waals surface area contributed by atoms with Gasteiger partial charge in [0.15, 0.2) is 5.78 Å². The van der Waals surface area contributed by atoms with Gasteiger partial charge in [-0.15, -0.1) is 0 Å². The molecule has 0 bridgehead atoms. The zero-order valence-corrected chi connectivity index (χ0v) is 19.4. The Labute approximate surface area is 196 Å². The summed E-state index contributed by atoms with van der Waals surface area (Å²) in [4.78, 5) is 63.2. The van der Waals surface area contributed by atoms with Crippen molar-refractivity contribution in [2.45, 2.75) is 34.1 Å². The van der Waals surface area contributed by atoms with Crippen molar-refractivity contribution in [1.29, 1.82) is 0 Å². The predicted octanol–water partition coefficient (Wildman–Crippen LogP) is 3.14. The average molecular weight is 470 g/mol. The minimum Gasteiger partial charge on any atom is -0.462 e. The highest BCUT2D eigenvalue weighted by Crippen LogP contribution is 2.31. The van der Waals surface area contributed by atoms with Crippen LogP contribution in [0.5, 0.6) is 0 Å². The van der Waals surface area contributed by atoms with Crippen LogP contribution in [-0.4, -0.2) is 49.3 Å². The van der Waals surface area contributed by atoms with E-state index in [0.29, 0.717) is 11.3 Å². The fourth-order valence-electron chi connectivity index (χ4n) is 3.79. The van der Waals surface area contributed by atoms with Gasteiger partial charge in [0.05, 0.1) is 30.3 Å². The Balaban J connectivity index is 1.77. The van der Waals surface area contributed by atoms with Crippen LogP contribution in [0.25, 0.3) is 0 Å². The molecule has 0 radical (unpaired) electrons. The molecule has 10 heteroatoms. The number of amides is 2. The van der Waals surface area contributed by atoms with Gasteiger partial charge in [-0.3, -0.25) is 19.7 Å². The average Bonchev–Trinajstić information content (AvgIpc) is 3.34. The Morgan fingerprint density at radius 3 is 2.24 bits per heavy atom. The molecule has 1 aliphatic rings. The molecule has 3 rings (SSSR count). The van der Waals surface area contributed by atoms with Crippen molar-refractivity contribution in [2.24, 2.45) is 5.92 Å². The molecule has 10 nitrogen and oxygen atoms in total. The van der Waals surface area contributed by atoms with E-state index in [1.54, 1.807) is 38.1 Å². The fourth-order valence-corrected chi connectivity index (χ4v) is 3.79. The SMILES string of the molecule is CCOC(=O)c1ccc(N2CC(C(=O)Nc3oc(C)c(C(C)=O)c3C(=O)OCC)CC2=O)cc1. The zero-order valence-electron chi connectivity index (χ0n) is 19.4. The van der Waals surface area contributed by atoms with Crippen molar-refractivity contribution in [3.63, 3.8) is 0 Å². The van der Waals surface area contributed by atoms with E-state index < -0.39 is 29.5 Å². The summed E-state index contributed by atoms with van der Waals surface area (Å²) in [5.74, 6) is -3.19. The van der Waals surface area contributed by atoms with Crippen LogP contribution in [0.2, 0.25) is 0 Å². The second-order valence-corrected chi connectivity index (χ2v) is 7.68. The second-order valence-electron chi connectivity index (χ2n) is 7.68. The predicted molar refractivity (Wildman–Crippen MR) is 121 cm³/mol. The van der Waals surface area contributed by atoms with Crippen LogP contribution in [0.3, 0.4) is 0 Å². The number of esters is 2. The highest BCUT2D eigenvalue weighted by Gasteiger charge is 2.37. The number of carbonyl (C=O) groups excluding carboxylic acids is 5. The number of hydrogen-bond donors (Lipinski definition) is 1. The first-order chi connectivity index (χ1) is 16.2. The van der Waals surface area contributed by atoms with E-state index in [9.17, 15) is 24.0 Å². The van der Waals surface area contributed by atoms with Gasteiger partial charge >= 0.3 is 11.9 Å². The summed E-state index contributed by atoms with van der Waals surface area (Å²) in [5, 5.41) is 2.54. The Morgan fingerprint density at radius 2 is 1.65 bits per heavy atom. The number of aryl methyl sites for hydroxylation is 1. The lowest BCUT2D eigenvalue weighted by Crippen LogP contribution is -2.28. The van der Waals surface area contributed by atoms with E-state index >= 15 is 0 Å². The molecule has 1 N–H and O–H groups in total. The van der Waals surface area contributed by atoms with Gasteiger partial charge in [-0.2, -0.15) is 0 Å². The van der Waals surface area contributed by atoms with Crippen LogP contribution in [0.1, 0.15) is 64.0 Å². The molecule has 34 heavy (non-hydrogen) atoms. The minimum atomic E-state index is -0.786. The number of ketones is 1. The van der Waals surface area contributed by atoms with Crippen LogP contribution in [-0.2, 0) is 19.1 Å². The van der Waals surface area contributed by atoms with Gasteiger partial charge in [0.2, 0.25) is 17.7 Å². The Kier molecular flexibility index (Phi) is 7.50. The van der Waals surface area contributed by atoms with E-state index in [-0.39, 0.29) is 54.9 Å². The summed E-state index contributed by atoms with van der Waals surface area (Å²) in [6.07, 6.45) is -0.0561. The first kappa shape index (κ1) is 24.7. The van der Waals surface area contributed by atoms with E-state index in [0.717, 1.165) is 0 Å². The summed E-state index contributed by atoms with van der Waals surface area (Å²) in [6.45, 7) is 6.55. The molecular formula is C24H26N2O8. The molecule has 2 heterocycles. The Bertz CT molecular complexity index is 1130. The van der Waals surface area contributed by atoms with Crippen molar-refractivity contribution in [2.75, 3.05) is 30.0 Å². The molecule has 180 valence electrons. The second kappa shape index (κ2) is 10.3. The van der Waals surface area contributed by atoms with Gasteiger partial charge in [0, 0.05) is 18.7 Å². The molecule has 0 spiro atoms. The number of benzene rings is 1. The maximum atomic E-state index is 12.9. The molecular weight excluding hydrogens is 444 g/mol. The summed E-state index contributed by atoms with van der Waals surface area (Å²) in [6, 6.07) is 6.32. The van der Waals surface area contributed by atoms with Gasteiger partial charge in [0.1, 0.15) is 11.3 Å². The number of carbonyl (C=O) groups is 5. The standard InChI is InChI=1S/C24H26N2O8/c1-5-32-23(30)15-7-9-17(10-8-15)26-12-16(11-18(26)28)21(29)25-22-20(24(31)33-6-2)19(13(3)27)14(4)34-22/h7-10,16H,5-6,11-12H2,1-4H3,(H,25,29). The maximum absolute atomic E-state index is 12.9. The number of rotatable bonds is 8. The summed E-state index contributed by atoms with van der Waals surface area (Å²) >= 11 is 0. The van der Waals surface area contributed by atoms with Crippen LogP contribution < -0.4 is 10.2 Å². The molecule has 2 aromatic rings. The topological polar surface area (TPSA) is 132 Å². The first-order valence-corrected chi connectivity index (χ1v) is 10.9. The minimum absolute atomic E-state index is 0.0413. The van der Waals surface area contributed by atoms with E-state index in [1.807, 2.05) is 0 Å². The largest absolute Gasteiger partial charge is 0.462 e. The lowest BCUT2D eigenvalue weighted by Gasteiger charge is -2.17. The van der Waals surface area contributed by atoms with Gasteiger partial charge in [-0.1, -0.05) is 0 Å². The third-order valence-electron chi connectivity index (χ3n) is 5.34. The van der Waals surface area contributed by atoms with Gasteiger partial charge in [-0.25, -0.2) is 9.59 Å². The monoisotopic (exact) mass is 470 g/mol. The lowest BCUT2D eigenvalue weighted by molar-refractivity contribution is -0.122. The molecule has 1 saturated heterocycles. The quantitative estimate of drug-likeness (QED) is 0.460. The number of anilines is 2.